The van der Waals surface area contributed by atoms with Crippen LogP contribution in [0.5, 0.6) is 5.75 Å². The summed E-state index contributed by atoms with van der Waals surface area (Å²) in [6, 6.07) is 11.3. The van der Waals surface area contributed by atoms with Crippen LogP contribution in [-0.4, -0.2) is 17.1 Å². The summed E-state index contributed by atoms with van der Waals surface area (Å²) in [5, 5.41) is 3.22. The highest BCUT2D eigenvalue weighted by Crippen LogP contribution is 2.27. The lowest BCUT2D eigenvalue weighted by Gasteiger charge is -2.12. The Labute approximate surface area is 111 Å². The van der Waals surface area contributed by atoms with Crippen LogP contribution in [0.3, 0.4) is 0 Å². The van der Waals surface area contributed by atoms with Gasteiger partial charge in [0.25, 0.3) is 0 Å². The van der Waals surface area contributed by atoms with E-state index in [-0.39, 0.29) is 4.99 Å². The van der Waals surface area contributed by atoms with Gasteiger partial charge in [0.1, 0.15) is 16.4 Å². The quantitative estimate of drug-likeness (QED) is 0.826. The van der Waals surface area contributed by atoms with Crippen molar-refractivity contribution in [2.75, 3.05) is 12.4 Å². The summed E-state index contributed by atoms with van der Waals surface area (Å²) >= 11 is 4.97. The molecule has 92 valence electrons. The van der Waals surface area contributed by atoms with Gasteiger partial charge < -0.3 is 15.8 Å². The standard InChI is InChI=1S/C13H13N3OS/c1-17-11-7-3-2-5-9(11)16-10-6-4-8-15-12(10)13(14)18/h2-8,16H,1H3,(H2,14,18). The second-order valence-corrected chi connectivity index (χ2v) is 4.03. The van der Waals surface area contributed by atoms with E-state index >= 15 is 0 Å². The maximum atomic E-state index is 5.64. The minimum Gasteiger partial charge on any atom is -0.495 e. The van der Waals surface area contributed by atoms with E-state index in [0.29, 0.717) is 5.69 Å². The Morgan fingerprint density at radius 3 is 2.67 bits per heavy atom. The number of para-hydroxylation sites is 2. The van der Waals surface area contributed by atoms with Crippen LogP contribution in [0.2, 0.25) is 0 Å². The molecule has 0 atom stereocenters. The van der Waals surface area contributed by atoms with Gasteiger partial charge in [-0.3, -0.25) is 4.98 Å². The van der Waals surface area contributed by atoms with E-state index in [1.807, 2.05) is 36.4 Å². The van der Waals surface area contributed by atoms with Crippen molar-refractivity contribution >= 4 is 28.6 Å². The summed E-state index contributed by atoms with van der Waals surface area (Å²) in [6.45, 7) is 0. The number of rotatable bonds is 4. The predicted molar refractivity (Wildman–Crippen MR) is 76.4 cm³/mol. The van der Waals surface area contributed by atoms with Gasteiger partial charge in [-0.1, -0.05) is 24.4 Å². The number of nitrogens with zero attached hydrogens (tertiary/aromatic N) is 1. The molecule has 0 fully saturated rings. The lowest BCUT2D eigenvalue weighted by molar-refractivity contribution is 0.417. The molecule has 0 bridgehead atoms. The summed E-state index contributed by atoms with van der Waals surface area (Å²) in [4.78, 5) is 4.42. The van der Waals surface area contributed by atoms with Crippen LogP contribution in [0.4, 0.5) is 11.4 Å². The van der Waals surface area contributed by atoms with Gasteiger partial charge in [0.2, 0.25) is 0 Å². The van der Waals surface area contributed by atoms with Crippen molar-refractivity contribution in [3.05, 3.63) is 48.3 Å². The molecular weight excluding hydrogens is 246 g/mol. The van der Waals surface area contributed by atoms with Gasteiger partial charge >= 0.3 is 0 Å². The number of nitrogens with one attached hydrogen (secondary N) is 1. The Morgan fingerprint density at radius 1 is 1.22 bits per heavy atom. The van der Waals surface area contributed by atoms with Crippen LogP contribution in [0.1, 0.15) is 5.69 Å². The second kappa shape index (κ2) is 5.46. The van der Waals surface area contributed by atoms with Crippen molar-refractivity contribution in [3.8, 4) is 5.75 Å². The van der Waals surface area contributed by atoms with E-state index in [4.69, 9.17) is 22.7 Å². The van der Waals surface area contributed by atoms with Crippen molar-refractivity contribution < 1.29 is 4.74 Å². The molecule has 2 rings (SSSR count). The largest absolute Gasteiger partial charge is 0.495 e. The van der Waals surface area contributed by atoms with Crippen molar-refractivity contribution in [2.45, 2.75) is 0 Å². The summed E-state index contributed by atoms with van der Waals surface area (Å²) < 4.78 is 5.27. The summed E-state index contributed by atoms with van der Waals surface area (Å²) in [7, 11) is 1.62. The monoisotopic (exact) mass is 259 g/mol. The molecular formula is C13H13N3OS. The highest BCUT2D eigenvalue weighted by atomic mass is 32.1. The lowest BCUT2D eigenvalue weighted by atomic mass is 10.2. The van der Waals surface area contributed by atoms with Crippen LogP contribution < -0.4 is 15.8 Å². The highest BCUT2D eigenvalue weighted by Gasteiger charge is 2.08. The molecule has 0 aliphatic rings. The highest BCUT2D eigenvalue weighted by molar-refractivity contribution is 7.80. The smallest absolute Gasteiger partial charge is 0.142 e. The Kier molecular flexibility index (Phi) is 3.74. The van der Waals surface area contributed by atoms with Gasteiger partial charge in [-0.25, -0.2) is 0 Å². The predicted octanol–water partition coefficient (Wildman–Crippen LogP) is 2.47. The lowest BCUT2D eigenvalue weighted by Crippen LogP contribution is -2.14. The first-order valence-corrected chi connectivity index (χ1v) is 5.78. The number of pyridine rings is 1. The van der Waals surface area contributed by atoms with Crippen LogP contribution in [0, 0.1) is 0 Å². The summed E-state index contributed by atoms with van der Waals surface area (Å²) in [5.74, 6) is 0.746. The molecule has 5 heteroatoms. The first-order chi connectivity index (χ1) is 8.72. The summed E-state index contributed by atoms with van der Waals surface area (Å²) in [5.41, 5.74) is 7.80. The topological polar surface area (TPSA) is 60.2 Å². The molecule has 0 saturated heterocycles. The summed E-state index contributed by atoms with van der Waals surface area (Å²) in [6.07, 6.45) is 1.65. The van der Waals surface area contributed by atoms with E-state index in [0.717, 1.165) is 17.1 Å². The number of hydrogen-bond acceptors (Lipinski definition) is 4. The zero-order chi connectivity index (χ0) is 13.0. The molecule has 0 aliphatic carbocycles. The fourth-order valence-corrected chi connectivity index (χ4v) is 1.76. The molecule has 0 radical (unpaired) electrons. The van der Waals surface area contributed by atoms with Crippen LogP contribution >= 0.6 is 12.2 Å². The molecule has 0 spiro atoms. The Hall–Kier alpha value is -2.14. The number of thiocarbonyl (C=S) groups is 1. The van der Waals surface area contributed by atoms with Gasteiger partial charge in [-0.2, -0.15) is 0 Å². The third kappa shape index (κ3) is 2.57. The molecule has 0 aliphatic heterocycles. The molecule has 4 nitrogen and oxygen atoms in total. The maximum Gasteiger partial charge on any atom is 0.142 e. The fraction of sp³-hybridized carbons (Fsp3) is 0.0769. The number of benzene rings is 1. The molecule has 2 aromatic rings. The molecule has 1 aromatic carbocycles. The number of ether oxygens (including phenoxy) is 1. The molecule has 3 N–H and O–H groups in total. The van der Waals surface area contributed by atoms with Crippen molar-refractivity contribution in [3.63, 3.8) is 0 Å². The third-order valence-electron chi connectivity index (χ3n) is 2.42. The average Bonchev–Trinajstić information content (AvgIpc) is 2.40. The second-order valence-electron chi connectivity index (χ2n) is 3.59. The normalized spacial score (nSPS) is 9.83. The van der Waals surface area contributed by atoms with Crippen LogP contribution in [-0.2, 0) is 0 Å². The molecule has 18 heavy (non-hydrogen) atoms. The van der Waals surface area contributed by atoms with Gasteiger partial charge in [-0.15, -0.1) is 0 Å². The number of hydrogen-bond donors (Lipinski definition) is 2. The first-order valence-electron chi connectivity index (χ1n) is 5.37. The minimum absolute atomic E-state index is 0.257. The van der Waals surface area contributed by atoms with Crippen molar-refractivity contribution in [1.29, 1.82) is 0 Å². The zero-order valence-corrected chi connectivity index (χ0v) is 10.7. The van der Waals surface area contributed by atoms with E-state index < -0.39 is 0 Å². The fourth-order valence-electron chi connectivity index (χ4n) is 1.60. The number of nitrogens with two attached hydrogens (primary N) is 1. The van der Waals surface area contributed by atoms with Crippen molar-refractivity contribution in [1.82, 2.24) is 4.98 Å². The van der Waals surface area contributed by atoms with Gasteiger partial charge in [0, 0.05) is 6.20 Å². The molecule has 0 saturated carbocycles. The van der Waals surface area contributed by atoms with Gasteiger partial charge in [-0.05, 0) is 24.3 Å². The molecule has 0 unspecified atom stereocenters. The van der Waals surface area contributed by atoms with E-state index in [1.165, 1.54) is 0 Å². The molecule has 0 amide bonds. The third-order valence-corrected chi connectivity index (χ3v) is 2.61. The zero-order valence-electron chi connectivity index (χ0n) is 9.88. The first kappa shape index (κ1) is 12.3. The Balaban J connectivity index is 2.37. The SMILES string of the molecule is COc1ccccc1Nc1cccnc1C(N)=S. The van der Waals surface area contributed by atoms with Gasteiger partial charge in [0.15, 0.2) is 0 Å². The Bertz CT molecular complexity index is 572. The average molecular weight is 259 g/mol. The van der Waals surface area contributed by atoms with E-state index in [1.54, 1.807) is 13.3 Å². The Morgan fingerprint density at radius 2 is 1.94 bits per heavy atom. The number of methoxy groups -OCH3 is 1. The van der Waals surface area contributed by atoms with E-state index in [2.05, 4.69) is 10.3 Å². The van der Waals surface area contributed by atoms with Crippen LogP contribution in [0.25, 0.3) is 0 Å². The maximum absolute atomic E-state index is 5.64. The van der Waals surface area contributed by atoms with Crippen molar-refractivity contribution in [2.24, 2.45) is 5.73 Å². The molecule has 1 heterocycles. The number of anilines is 2. The van der Waals surface area contributed by atoms with Crippen LogP contribution in [0.15, 0.2) is 42.6 Å². The number of aromatic nitrogens is 1. The van der Waals surface area contributed by atoms with Gasteiger partial charge in [0.05, 0.1) is 18.5 Å². The van der Waals surface area contributed by atoms with E-state index in [9.17, 15) is 0 Å². The molecule has 1 aromatic heterocycles. The minimum atomic E-state index is 0.257.